The number of anilines is 1. The number of fused-ring (bicyclic) bond motifs is 1. The minimum atomic E-state index is -4.45. The zero-order chi connectivity index (χ0) is 18.7. The van der Waals surface area contributed by atoms with E-state index in [4.69, 9.17) is 0 Å². The molecule has 1 aromatic heterocycles. The van der Waals surface area contributed by atoms with Gasteiger partial charge in [0.1, 0.15) is 5.82 Å². The Morgan fingerprint density at radius 2 is 2.08 bits per heavy atom. The monoisotopic (exact) mass is 366 g/mol. The summed E-state index contributed by atoms with van der Waals surface area (Å²) in [6.07, 6.45) is -2.92. The summed E-state index contributed by atoms with van der Waals surface area (Å²) in [5.74, 6) is -0.257. The molecule has 0 unspecified atom stereocenters. The highest BCUT2D eigenvalue weighted by molar-refractivity contribution is 5.93. The summed E-state index contributed by atoms with van der Waals surface area (Å²) in [6, 6.07) is 8.08. The lowest BCUT2D eigenvalue weighted by atomic mass is 9.97. The standard InChI is InChI=1S/C18H21F3N4O/c1-2-3-9-22-17(26)14-11-16-23-13(12-7-5-4-6-8-12)10-15(18(19,20)21)25(16)24-14/h4-8,11,13,15,23H,2-3,9-10H2,1H3,(H,22,26)/t13-,15+/m1/s1. The molecule has 2 heterocycles. The number of aromatic nitrogens is 2. The van der Waals surface area contributed by atoms with E-state index in [1.165, 1.54) is 6.07 Å². The van der Waals surface area contributed by atoms with Gasteiger partial charge in [-0.1, -0.05) is 43.7 Å². The molecule has 0 radical (unpaired) electrons. The van der Waals surface area contributed by atoms with Gasteiger partial charge < -0.3 is 10.6 Å². The lowest BCUT2D eigenvalue weighted by Crippen LogP contribution is -2.35. The van der Waals surface area contributed by atoms with Gasteiger partial charge in [0, 0.05) is 19.0 Å². The summed E-state index contributed by atoms with van der Waals surface area (Å²) in [4.78, 5) is 12.1. The lowest BCUT2D eigenvalue weighted by Gasteiger charge is -2.33. The largest absolute Gasteiger partial charge is 0.410 e. The van der Waals surface area contributed by atoms with Crippen molar-refractivity contribution in [3.63, 3.8) is 0 Å². The van der Waals surface area contributed by atoms with Crippen LogP contribution in [0.4, 0.5) is 19.0 Å². The second-order valence-electron chi connectivity index (χ2n) is 6.37. The van der Waals surface area contributed by atoms with E-state index in [0.717, 1.165) is 23.1 Å². The number of rotatable bonds is 5. The maximum Gasteiger partial charge on any atom is 0.410 e. The highest BCUT2D eigenvalue weighted by atomic mass is 19.4. The molecule has 2 N–H and O–H groups in total. The zero-order valence-corrected chi connectivity index (χ0v) is 14.4. The summed E-state index contributed by atoms with van der Waals surface area (Å²) < 4.78 is 41.6. The molecule has 0 aliphatic carbocycles. The molecule has 3 rings (SSSR count). The summed E-state index contributed by atoms with van der Waals surface area (Å²) in [7, 11) is 0. The minimum Gasteiger partial charge on any atom is -0.363 e. The van der Waals surface area contributed by atoms with Gasteiger partial charge in [0.25, 0.3) is 5.91 Å². The third-order valence-electron chi connectivity index (χ3n) is 4.44. The average molecular weight is 366 g/mol. The van der Waals surface area contributed by atoms with Crippen LogP contribution >= 0.6 is 0 Å². The maximum absolute atomic E-state index is 13.6. The van der Waals surface area contributed by atoms with Crippen LogP contribution in [-0.2, 0) is 0 Å². The van der Waals surface area contributed by atoms with Crippen LogP contribution in [0.5, 0.6) is 0 Å². The molecule has 1 amide bonds. The topological polar surface area (TPSA) is 59.0 Å². The third kappa shape index (κ3) is 3.84. The number of alkyl halides is 3. The Balaban J connectivity index is 1.88. The van der Waals surface area contributed by atoms with Gasteiger partial charge in [0.05, 0.1) is 6.04 Å². The van der Waals surface area contributed by atoms with Crippen molar-refractivity contribution < 1.29 is 18.0 Å². The van der Waals surface area contributed by atoms with Gasteiger partial charge in [-0.05, 0) is 12.0 Å². The Bertz CT molecular complexity index is 758. The van der Waals surface area contributed by atoms with E-state index in [9.17, 15) is 18.0 Å². The smallest absolute Gasteiger partial charge is 0.363 e. The number of carbonyl (C=O) groups is 1. The molecular weight excluding hydrogens is 345 g/mol. The SMILES string of the molecule is CCCCNC(=O)c1cc2n(n1)[C@H](C(F)(F)F)C[C@H](c1ccccc1)N2. The molecule has 0 spiro atoms. The molecule has 5 nitrogen and oxygen atoms in total. The predicted molar refractivity (Wildman–Crippen MR) is 92.0 cm³/mol. The fourth-order valence-electron chi connectivity index (χ4n) is 3.06. The molecule has 2 atom stereocenters. The van der Waals surface area contributed by atoms with Crippen LogP contribution in [0.3, 0.4) is 0 Å². The number of unbranched alkanes of at least 4 members (excludes halogenated alkanes) is 1. The number of hydrogen-bond donors (Lipinski definition) is 2. The Morgan fingerprint density at radius 1 is 1.35 bits per heavy atom. The van der Waals surface area contributed by atoms with Crippen molar-refractivity contribution in [2.24, 2.45) is 0 Å². The number of benzene rings is 1. The number of carbonyl (C=O) groups excluding carboxylic acids is 1. The van der Waals surface area contributed by atoms with Crippen molar-refractivity contribution >= 4 is 11.7 Å². The number of nitrogens with zero attached hydrogens (tertiary/aromatic N) is 2. The van der Waals surface area contributed by atoms with Gasteiger partial charge in [0.15, 0.2) is 11.7 Å². The molecule has 0 saturated heterocycles. The van der Waals surface area contributed by atoms with Gasteiger partial charge in [-0.25, -0.2) is 4.68 Å². The molecule has 0 saturated carbocycles. The fraction of sp³-hybridized carbons (Fsp3) is 0.444. The quantitative estimate of drug-likeness (QED) is 0.784. The Kier molecular flexibility index (Phi) is 5.20. The second kappa shape index (κ2) is 7.39. The van der Waals surface area contributed by atoms with Gasteiger partial charge >= 0.3 is 6.18 Å². The van der Waals surface area contributed by atoms with E-state index in [0.29, 0.717) is 6.54 Å². The molecule has 26 heavy (non-hydrogen) atoms. The van der Waals surface area contributed by atoms with E-state index < -0.39 is 24.2 Å². The van der Waals surface area contributed by atoms with E-state index in [1.807, 2.05) is 13.0 Å². The molecule has 0 bridgehead atoms. The highest BCUT2D eigenvalue weighted by Gasteiger charge is 2.46. The van der Waals surface area contributed by atoms with Gasteiger partial charge in [-0.15, -0.1) is 0 Å². The van der Waals surface area contributed by atoms with Crippen LogP contribution < -0.4 is 10.6 Å². The van der Waals surface area contributed by atoms with Crippen LogP contribution in [0.15, 0.2) is 36.4 Å². The van der Waals surface area contributed by atoms with E-state index in [1.54, 1.807) is 24.3 Å². The van der Waals surface area contributed by atoms with Crippen molar-refractivity contribution in [3.8, 4) is 0 Å². The van der Waals surface area contributed by atoms with Crippen LogP contribution in [-0.4, -0.2) is 28.4 Å². The van der Waals surface area contributed by atoms with Crippen LogP contribution in [0.25, 0.3) is 0 Å². The number of nitrogens with one attached hydrogen (secondary N) is 2. The van der Waals surface area contributed by atoms with Crippen LogP contribution in [0, 0.1) is 0 Å². The minimum absolute atomic E-state index is 0.00781. The number of amides is 1. The van der Waals surface area contributed by atoms with Gasteiger partial charge in [-0.2, -0.15) is 18.3 Å². The van der Waals surface area contributed by atoms with Crippen molar-refractivity contribution in [2.45, 2.75) is 44.4 Å². The third-order valence-corrected chi connectivity index (χ3v) is 4.44. The normalized spacial score (nSPS) is 19.5. The first-order valence-electron chi connectivity index (χ1n) is 8.66. The van der Waals surface area contributed by atoms with Gasteiger partial charge in [-0.3, -0.25) is 4.79 Å². The molecule has 2 aromatic rings. The molecule has 1 aliphatic rings. The Hall–Kier alpha value is -2.51. The predicted octanol–water partition coefficient (Wildman–Crippen LogP) is 4.07. The lowest BCUT2D eigenvalue weighted by molar-refractivity contribution is -0.173. The number of hydrogen-bond acceptors (Lipinski definition) is 3. The highest BCUT2D eigenvalue weighted by Crippen LogP contribution is 2.43. The van der Waals surface area contributed by atoms with E-state index in [-0.39, 0.29) is 17.9 Å². The van der Waals surface area contributed by atoms with Crippen molar-refractivity contribution in [1.29, 1.82) is 0 Å². The molecular formula is C18H21F3N4O. The first-order chi connectivity index (χ1) is 12.4. The van der Waals surface area contributed by atoms with Crippen molar-refractivity contribution in [3.05, 3.63) is 47.7 Å². The summed E-state index contributed by atoms with van der Waals surface area (Å²) >= 11 is 0. The van der Waals surface area contributed by atoms with Crippen molar-refractivity contribution in [1.82, 2.24) is 15.1 Å². The van der Waals surface area contributed by atoms with Crippen LogP contribution in [0.2, 0.25) is 0 Å². The summed E-state index contributed by atoms with van der Waals surface area (Å²) in [5, 5.41) is 9.69. The molecule has 1 aromatic carbocycles. The van der Waals surface area contributed by atoms with E-state index >= 15 is 0 Å². The Labute approximate surface area is 149 Å². The Morgan fingerprint density at radius 3 is 2.73 bits per heavy atom. The maximum atomic E-state index is 13.6. The summed E-state index contributed by atoms with van der Waals surface area (Å²) in [5.41, 5.74) is 0.759. The molecule has 0 fully saturated rings. The molecule has 8 heteroatoms. The first kappa shape index (κ1) is 18.3. The van der Waals surface area contributed by atoms with E-state index in [2.05, 4.69) is 15.7 Å². The average Bonchev–Trinajstić information content (AvgIpc) is 3.05. The van der Waals surface area contributed by atoms with Crippen molar-refractivity contribution in [2.75, 3.05) is 11.9 Å². The first-order valence-corrected chi connectivity index (χ1v) is 8.66. The van der Waals surface area contributed by atoms with Crippen LogP contribution in [0.1, 0.15) is 54.3 Å². The molecule has 140 valence electrons. The fourth-order valence-corrected chi connectivity index (χ4v) is 3.06. The summed E-state index contributed by atoms with van der Waals surface area (Å²) in [6.45, 7) is 2.46. The molecule has 1 aliphatic heterocycles. The zero-order valence-electron chi connectivity index (χ0n) is 14.4. The van der Waals surface area contributed by atoms with Gasteiger partial charge in [0.2, 0.25) is 0 Å². The second-order valence-corrected chi connectivity index (χ2v) is 6.37. The number of halogens is 3.